The quantitative estimate of drug-likeness (QED) is 0.216. The van der Waals surface area contributed by atoms with E-state index in [2.05, 4.69) is 38.3 Å². The molecule has 7 heterocycles. The van der Waals surface area contributed by atoms with Gasteiger partial charge in [-0.05, 0) is 129 Å². The maximum Gasteiger partial charge on any atom is 0.497 e. The van der Waals surface area contributed by atoms with Crippen LogP contribution in [0, 0.1) is 22.7 Å². The first-order chi connectivity index (χ1) is 28.2. The molecule has 0 spiro atoms. The molecule has 0 radical (unpaired) electrons. The van der Waals surface area contributed by atoms with Gasteiger partial charge in [-0.1, -0.05) is 6.07 Å². The summed E-state index contributed by atoms with van der Waals surface area (Å²) in [5.41, 5.74) is 2.06. The lowest BCUT2D eigenvalue weighted by molar-refractivity contribution is 0.00578. The topological polar surface area (TPSA) is 206 Å². The van der Waals surface area contributed by atoms with E-state index in [0.29, 0.717) is 40.5 Å². The zero-order valence-electron chi connectivity index (χ0n) is 38.0. The van der Waals surface area contributed by atoms with Crippen molar-refractivity contribution in [3.63, 3.8) is 0 Å². The second kappa shape index (κ2) is 17.2. The summed E-state index contributed by atoms with van der Waals surface area (Å²) in [5.74, 6) is 0.130. The normalized spacial score (nSPS) is 20.6. The first-order valence-corrected chi connectivity index (χ1v) is 25.0. The van der Waals surface area contributed by atoms with Crippen molar-refractivity contribution >= 4 is 73.2 Å². The monoisotopic (exact) mass is 956 g/mol. The van der Waals surface area contributed by atoms with Crippen molar-refractivity contribution in [3.8, 4) is 12.1 Å². The Balaban J connectivity index is 0.000000181. The minimum absolute atomic E-state index is 0.0354. The van der Waals surface area contributed by atoms with Gasteiger partial charge in [-0.2, -0.15) is 20.7 Å². The number of rotatable bonds is 8. The Labute approximate surface area is 375 Å². The molecule has 62 heavy (non-hydrogen) atoms. The number of hydrogen-bond acceptors (Lipinski definition) is 14. The van der Waals surface area contributed by atoms with Crippen LogP contribution in [0.25, 0.3) is 11.0 Å². The fourth-order valence-corrected chi connectivity index (χ4v) is 8.43. The molecule has 3 aliphatic heterocycles. The Bertz CT molecular complexity index is 2570. The standard InChI is InChI=1S/C17H22BN3O4S.C12H24B2O4.C11H10BrN3O2S/c1-16(2)17(3,4)25-18(24-16)14-8-12(6-7-26(5,22)23)11-21-15(14)13(9-19)10-20-21;1-9(2)10(3,4)16-13(15-9)14-17-11(5,6)12(7,8)18-14;1-18(16,17)3-2-8-4-10(12)11-9(5-13)6-14-15(11)7-8/h8,10-11H,6-7H2,1-5H3;1-8H3;4,6-7H,2-3H2,1H3. The lowest BCUT2D eigenvalue weighted by Gasteiger charge is -2.32. The highest BCUT2D eigenvalue weighted by Gasteiger charge is 2.63. The summed E-state index contributed by atoms with van der Waals surface area (Å²) < 4.78 is 85.3. The van der Waals surface area contributed by atoms with Crippen LogP contribution < -0.4 is 5.46 Å². The van der Waals surface area contributed by atoms with Crippen LogP contribution in [-0.2, 0) is 60.4 Å². The van der Waals surface area contributed by atoms with Crippen LogP contribution in [0.5, 0.6) is 0 Å². The third kappa shape index (κ3) is 10.8. The fourth-order valence-electron chi connectivity index (χ4n) is 6.53. The number of hydrogen-bond donors (Lipinski definition) is 0. The highest BCUT2D eigenvalue weighted by molar-refractivity contribution is 9.10. The van der Waals surface area contributed by atoms with Crippen LogP contribution in [0.4, 0.5) is 0 Å². The molecule has 0 amide bonds. The molecular formula is C40H56B3BrN6O10S2. The van der Waals surface area contributed by atoms with Crippen molar-refractivity contribution in [2.75, 3.05) is 24.0 Å². The molecule has 0 aliphatic carbocycles. The molecule has 3 aliphatic rings. The Morgan fingerprint density at radius 2 is 0.935 bits per heavy atom. The molecule has 4 aromatic heterocycles. The highest BCUT2D eigenvalue weighted by Crippen LogP contribution is 2.43. The van der Waals surface area contributed by atoms with Crippen LogP contribution >= 0.6 is 15.9 Å². The van der Waals surface area contributed by atoms with Gasteiger partial charge in [0.15, 0.2) is 0 Å². The van der Waals surface area contributed by atoms with Crippen molar-refractivity contribution in [1.29, 1.82) is 10.5 Å². The summed E-state index contributed by atoms with van der Waals surface area (Å²) in [6, 6.07) is 7.87. The molecule has 0 aromatic carbocycles. The van der Waals surface area contributed by atoms with E-state index in [0.717, 1.165) is 15.6 Å². The largest absolute Gasteiger partial charge is 0.497 e. The van der Waals surface area contributed by atoms with E-state index in [1.165, 1.54) is 24.9 Å². The third-order valence-electron chi connectivity index (χ3n) is 12.4. The zero-order valence-corrected chi connectivity index (χ0v) is 41.2. The maximum absolute atomic E-state index is 11.5. The molecule has 7 rings (SSSR count). The van der Waals surface area contributed by atoms with Gasteiger partial charge in [-0.15, -0.1) is 0 Å². The molecule has 0 bridgehead atoms. The van der Waals surface area contributed by atoms with Crippen LogP contribution in [0.1, 0.15) is 105 Å². The molecule has 0 unspecified atom stereocenters. The molecule has 0 N–H and O–H groups in total. The molecule has 0 atom stereocenters. The van der Waals surface area contributed by atoms with E-state index in [1.54, 1.807) is 21.4 Å². The number of aryl methyl sites for hydroxylation is 2. The summed E-state index contributed by atoms with van der Waals surface area (Å²) in [7, 11) is -7.69. The predicted molar refractivity (Wildman–Crippen MR) is 242 cm³/mol. The highest BCUT2D eigenvalue weighted by atomic mass is 79.9. The van der Waals surface area contributed by atoms with Gasteiger partial charge >= 0.3 is 21.1 Å². The van der Waals surface area contributed by atoms with E-state index in [-0.39, 0.29) is 33.9 Å². The third-order valence-corrected chi connectivity index (χ3v) is 14.9. The van der Waals surface area contributed by atoms with Crippen molar-refractivity contribution in [1.82, 2.24) is 19.2 Å². The van der Waals surface area contributed by atoms with Crippen LogP contribution in [-0.4, -0.2) is 115 Å². The molecule has 4 aromatic rings. The van der Waals surface area contributed by atoms with Gasteiger partial charge < -0.3 is 27.9 Å². The SMILES string of the molecule is CC1(C)OB(B2OC(C)(C)C(C)(C)O2)OC1(C)C.CC1(C)OB(c2cc(CCS(C)(=O)=O)cn3ncc(C#N)c23)OC1(C)C.CS(=O)(=O)CCc1cc(Br)c2c(C#N)cnn2c1. The summed E-state index contributed by atoms with van der Waals surface area (Å²) in [4.78, 5) is 0. The maximum atomic E-state index is 11.5. The summed E-state index contributed by atoms with van der Waals surface area (Å²) in [6.45, 7) is 24.0. The summed E-state index contributed by atoms with van der Waals surface area (Å²) in [6.07, 6.45) is 9.66. The molecule has 0 saturated carbocycles. The van der Waals surface area contributed by atoms with Crippen molar-refractivity contribution < 1.29 is 44.8 Å². The summed E-state index contributed by atoms with van der Waals surface area (Å²) >= 11 is 3.38. The Hall–Kier alpha value is -3.31. The lowest BCUT2D eigenvalue weighted by Crippen LogP contribution is -2.41. The van der Waals surface area contributed by atoms with E-state index >= 15 is 0 Å². The molecule has 16 nitrogen and oxygen atoms in total. The van der Waals surface area contributed by atoms with Gasteiger partial charge in [-0.3, -0.25) is 0 Å². The lowest BCUT2D eigenvalue weighted by atomic mass is 9.49. The molecular weight excluding hydrogens is 901 g/mol. The van der Waals surface area contributed by atoms with Gasteiger partial charge in [0, 0.05) is 34.8 Å². The van der Waals surface area contributed by atoms with E-state index in [4.69, 9.17) is 33.2 Å². The number of sulfone groups is 2. The van der Waals surface area contributed by atoms with Crippen molar-refractivity contribution in [2.45, 2.75) is 130 Å². The minimum Gasteiger partial charge on any atom is -0.405 e. The summed E-state index contributed by atoms with van der Waals surface area (Å²) in [5, 5.41) is 26.6. The average Bonchev–Trinajstić information content (AvgIpc) is 3.89. The first kappa shape index (κ1) is 49.7. The zero-order chi connectivity index (χ0) is 46.6. The van der Waals surface area contributed by atoms with Gasteiger partial charge in [-0.25, -0.2) is 25.9 Å². The van der Waals surface area contributed by atoms with E-state index in [9.17, 15) is 22.1 Å². The first-order valence-electron chi connectivity index (χ1n) is 20.1. The number of aromatic nitrogens is 4. The number of halogens is 1. The minimum atomic E-state index is -3.09. The van der Waals surface area contributed by atoms with E-state index < -0.39 is 52.0 Å². The number of nitriles is 2. The van der Waals surface area contributed by atoms with Gasteiger partial charge in [0.1, 0.15) is 31.8 Å². The van der Waals surface area contributed by atoms with E-state index in [1.807, 2.05) is 95.2 Å². The number of fused-ring (bicyclic) bond motifs is 2. The molecule has 3 fully saturated rings. The molecule has 334 valence electrons. The number of pyridine rings is 2. The Morgan fingerprint density at radius 3 is 1.31 bits per heavy atom. The second-order valence-electron chi connectivity index (χ2n) is 19.0. The van der Waals surface area contributed by atoms with Crippen LogP contribution in [0.15, 0.2) is 41.4 Å². The Kier molecular flexibility index (Phi) is 13.8. The smallest absolute Gasteiger partial charge is 0.405 e. The second-order valence-corrected chi connectivity index (χ2v) is 24.4. The average molecular weight is 957 g/mol. The van der Waals surface area contributed by atoms with Crippen LogP contribution in [0.2, 0.25) is 0 Å². The van der Waals surface area contributed by atoms with Crippen molar-refractivity contribution in [2.24, 2.45) is 0 Å². The fraction of sp³-hybridized carbons (Fsp3) is 0.600. The predicted octanol–water partition coefficient (Wildman–Crippen LogP) is 4.90. The van der Waals surface area contributed by atoms with Gasteiger partial charge in [0.2, 0.25) is 0 Å². The number of nitrogens with zero attached hydrogens (tertiary/aromatic N) is 6. The van der Waals surface area contributed by atoms with Gasteiger partial charge in [0.25, 0.3) is 0 Å². The van der Waals surface area contributed by atoms with Gasteiger partial charge in [0.05, 0.1) is 79.7 Å². The Morgan fingerprint density at radius 1 is 0.597 bits per heavy atom. The van der Waals surface area contributed by atoms with Crippen LogP contribution in [0.3, 0.4) is 0 Å². The molecule has 22 heteroatoms. The van der Waals surface area contributed by atoms with Crippen molar-refractivity contribution in [3.05, 3.63) is 63.6 Å². The molecule has 3 saturated heterocycles.